The van der Waals surface area contributed by atoms with Gasteiger partial charge in [0.05, 0.1) is 13.2 Å². The molecule has 0 heterocycles. The van der Waals surface area contributed by atoms with Gasteiger partial charge in [-0.2, -0.15) is 0 Å². The van der Waals surface area contributed by atoms with E-state index < -0.39 is 0 Å². The Labute approximate surface area is 118 Å². The lowest BCUT2D eigenvalue weighted by molar-refractivity contribution is 0.0749. The van der Waals surface area contributed by atoms with E-state index in [1.54, 1.807) is 14.2 Å². The van der Waals surface area contributed by atoms with Crippen LogP contribution in [0.1, 0.15) is 39.0 Å². The Balaban J connectivity index is 2.22. The fraction of sp³-hybridized carbons (Fsp3) is 1.00. The topological polar surface area (TPSA) is 33.7 Å². The Morgan fingerprint density at radius 3 is 2.47 bits per heavy atom. The summed E-state index contributed by atoms with van der Waals surface area (Å²) in [5, 5.41) is 3.70. The van der Waals surface area contributed by atoms with Crippen LogP contribution < -0.4 is 5.32 Å². The summed E-state index contributed by atoms with van der Waals surface area (Å²) in [6.45, 7) is 6.92. The summed E-state index contributed by atoms with van der Waals surface area (Å²) in [7, 11) is 3.53. The molecule has 19 heavy (non-hydrogen) atoms. The molecule has 1 atom stereocenters. The van der Waals surface area contributed by atoms with Gasteiger partial charge in [-0.1, -0.05) is 19.3 Å². The molecule has 0 aliphatic heterocycles. The minimum absolute atomic E-state index is 0.452. The molecule has 1 aliphatic rings. The molecular weight excluding hydrogens is 240 g/mol. The zero-order valence-corrected chi connectivity index (χ0v) is 13.0. The first-order valence-electron chi connectivity index (χ1n) is 7.73. The standard InChI is InChI=1S/C15H32N2O2/c1-14(13-19-3)17(11-12-18-2)10-9-16-15-7-5-4-6-8-15/h14-16H,4-13H2,1-3H3. The molecule has 1 unspecified atom stereocenters. The van der Waals surface area contributed by atoms with Crippen LogP contribution in [-0.4, -0.2) is 64.1 Å². The summed E-state index contributed by atoms with van der Waals surface area (Å²) >= 11 is 0. The number of nitrogens with zero attached hydrogens (tertiary/aromatic N) is 1. The van der Waals surface area contributed by atoms with Crippen LogP contribution in [0.5, 0.6) is 0 Å². The average molecular weight is 272 g/mol. The van der Waals surface area contributed by atoms with E-state index in [1.165, 1.54) is 32.1 Å². The average Bonchev–Trinajstić information content (AvgIpc) is 2.44. The van der Waals surface area contributed by atoms with E-state index in [9.17, 15) is 0 Å². The number of hydrogen-bond acceptors (Lipinski definition) is 4. The van der Waals surface area contributed by atoms with Gasteiger partial charge in [-0.15, -0.1) is 0 Å². The quantitative estimate of drug-likeness (QED) is 0.658. The van der Waals surface area contributed by atoms with Crippen LogP contribution >= 0.6 is 0 Å². The lowest BCUT2D eigenvalue weighted by atomic mass is 9.95. The van der Waals surface area contributed by atoms with Crippen molar-refractivity contribution in [1.82, 2.24) is 10.2 Å². The van der Waals surface area contributed by atoms with Crippen molar-refractivity contribution in [2.45, 2.75) is 51.1 Å². The van der Waals surface area contributed by atoms with Crippen molar-refractivity contribution in [3.05, 3.63) is 0 Å². The molecule has 1 saturated carbocycles. The van der Waals surface area contributed by atoms with Crippen molar-refractivity contribution in [3.63, 3.8) is 0 Å². The molecule has 4 heteroatoms. The van der Waals surface area contributed by atoms with Crippen LogP contribution in [-0.2, 0) is 9.47 Å². The molecule has 4 nitrogen and oxygen atoms in total. The summed E-state index contributed by atoms with van der Waals surface area (Å²) < 4.78 is 10.5. The van der Waals surface area contributed by atoms with Crippen LogP contribution in [0, 0.1) is 0 Å². The molecule has 1 aliphatic carbocycles. The lowest BCUT2D eigenvalue weighted by Gasteiger charge is -2.30. The minimum Gasteiger partial charge on any atom is -0.383 e. The van der Waals surface area contributed by atoms with Crippen LogP contribution in [0.3, 0.4) is 0 Å². The highest BCUT2D eigenvalue weighted by atomic mass is 16.5. The highest BCUT2D eigenvalue weighted by molar-refractivity contribution is 4.74. The molecule has 0 radical (unpaired) electrons. The van der Waals surface area contributed by atoms with Crippen LogP contribution in [0.2, 0.25) is 0 Å². The van der Waals surface area contributed by atoms with Crippen molar-refractivity contribution in [2.75, 3.05) is 47.1 Å². The summed E-state index contributed by atoms with van der Waals surface area (Å²) in [6.07, 6.45) is 6.91. The van der Waals surface area contributed by atoms with Crippen molar-refractivity contribution >= 4 is 0 Å². The second-order valence-corrected chi connectivity index (χ2v) is 5.62. The second kappa shape index (κ2) is 10.6. The molecule has 1 rings (SSSR count). The van der Waals surface area contributed by atoms with E-state index in [4.69, 9.17) is 9.47 Å². The number of rotatable bonds is 10. The first kappa shape index (κ1) is 16.9. The number of methoxy groups -OCH3 is 2. The fourth-order valence-electron chi connectivity index (χ4n) is 2.83. The van der Waals surface area contributed by atoms with Crippen molar-refractivity contribution < 1.29 is 9.47 Å². The van der Waals surface area contributed by atoms with E-state index in [1.807, 2.05) is 0 Å². The molecule has 0 spiro atoms. The van der Waals surface area contributed by atoms with Gasteiger partial charge in [-0.05, 0) is 19.8 Å². The van der Waals surface area contributed by atoms with Gasteiger partial charge < -0.3 is 14.8 Å². The minimum atomic E-state index is 0.452. The van der Waals surface area contributed by atoms with Crippen LogP contribution in [0.4, 0.5) is 0 Å². The normalized spacial score (nSPS) is 18.9. The first-order chi connectivity index (χ1) is 9.27. The van der Waals surface area contributed by atoms with E-state index in [0.717, 1.165) is 38.9 Å². The predicted molar refractivity (Wildman–Crippen MR) is 79.7 cm³/mol. The molecular formula is C15H32N2O2. The van der Waals surface area contributed by atoms with Gasteiger partial charge in [0.2, 0.25) is 0 Å². The van der Waals surface area contributed by atoms with Gasteiger partial charge in [0.1, 0.15) is 0 Å². The second-order valence-electron chi connectivity index (χ2n) is 5.62. The van der Waals surface area contributed by atoms with E-state index in [0.29, 0.717) is 6.04 Å². The van der Waals surface area contributed by atoms with Gasteiger partial charge in [-0.25, -0.2) is 0 Å². The zero-order valence-electron chi connectivity index (χ0n) is 13.0. The van der Waals surface area contributed by atoms with Crippen molar-refractivity contribution in [2.24, 2.45) is 0 Å². The third-order valence-corrected chi connectivity index (χ3v) is 4.05. The van der Waals surface area contributed by atoms with Gasteiger partial charge in [0.15, 0.2) is 0 Å². The third-order valence-electron chi connectivity index (χ3n) is 4.05. The molecule has 1 N–H and O–H groups in total. The number of nitrogens with one attached hydrogen (secondary N) is 1. The summed E-state index contributed by atoms with van der Waals surface area (Å²) in [5.74, 6) is 0. The fourth-order valence-corrected chi connectivity index (χ4v) is 2.83. The van der Waals surface area contributed by atoms with Gasteiger partial charge in [0, 0.05) is 45.9 Å². The molecule has 0 amide bonds. The molecule has 0 aromatic carbocycles. The Bertz CT molecular complexity index is 208. The smallest absolute Gasteiger partial charge is 0.0615 e. The maximum atomic E-state index is 5.26. The summed E-state index contributed by atoms with van der Waals surface area (Å²) in [6, 6.07) is 1.20. The van der Waals surface area contributed by atoms with Gasteiger partial charge in [0.25, 0.3) is 0 Å². The molecule has 0 aromatic heterocycles. The summed E-state index contributed by atoms with van der Waals surface area (Å²) in [5.41, 5.74) is 0. The van der Waals surface area contributed by atoms with Crippen molar-refractivity contribution in [1.29, 1.82) is 0 Å². The molecule has 0 bridgehead atoms. The van der Waals surface area contributed by atoms with E-state index in [2.05, 4.69) is 17.1 Å². The highest BCUT2D eigenvalue weighted by Crippen LogP contribution is 2.17. The number of hydrogen-bond donors (Lipinski definition) is 1. The van der Waals surface area contributed by atoms with Gasteiger partial charge in [-0.3, -0.25) is 4.90 Å². The Hall–Kier alpha value is -0.160. The Morgan fingerprint density at radius 1 is 1.11 bits per heavy atom. The van der Waals surface area contributed by atoms with Gasteiger partial charge >= 0.3 is 0 Å². The lowest BCUT2D eigenvalue weighted by Crippen LogP contribution is -2.44. The van der Waals surface area contributed by atoms with E-state index >= 15 is 0 Å². The SMILES string of the molecule is COCCN(CCNC1CCCCC1)C(C)COC. The van der Waals surface area contributed by atoms with Crippen LogP contribution in [0.25, 0.3) is 0 Å². The monoisotopic (exact) mass is 272 g/mol. The maximum Gasteiger partial charge on any atom is 0.0615 e. The first-order valence-corrected chi connectivity index (χ1v) is 7.73. The largest absolute Gasteiger partial charge is 0.383 e. The summed E-state index contributed by atoms with van der Waals surface area (Å²) in [4.78, 5) is 2.45. The van der Waals surface area contributed by atoms with E-state index in [-0.39, 0.29) is 0 Å². The predicted octanol–water partition coefficient (Wildman–Crippen LogP) is 1.89. The Morgan fingerprint density at radius 2 is 1.84 bits per heavy atom. The highest BCUT2D eigenvalue weighted by Gasteiger charge is 2.15. The zero-order chi connectivity index (χ0) is 13.9. The third kappa shape index (κ3) is 7.25. The van der Waals surface area contributed by atoms with Crippen molar-refractivity contribution in [3.8, 4) is 0 Å². The molecule has 0 aromatic rings. The molecule has 0 saturated heterocycles. The maximum absolute atomic E-state index is 5.26. The molecule has 1 fully saturated rings. The number of ether oxygens (including phenoxy) is 2. The van der Waals surface area contributed by atoms with Crippen LogP contribution in [0.15, 0.2) is 0 Å². The molecule has 114 valence electrons. The Kier molecular flexibility index (Phi) is 9.43.